The molecule has 1 aliphatic rings. The van der Waals surface area contributed by atoms with E-state index >= 15 is 0 Å². The van der Waals surface area contributed by atoms with Crippen molar-refractivity contribution in [1.29, 1.82) is 0 Å². The molecule has 4 rings (SSSR count). The zero-order chi connectivity index (χ0) is 21.3. The Hall–Kier alpha value is -3.93. The molecule has 0 spiro atoms. The number of benzene rings is 3. The first-order valence-electron chi connectivity index (χ1n) is 9.16. The molecule has 0 aliphatic carbocycles. The molecule has 0 aromatic heterocycles. The predicted octanol–water partition coefficient (Wildman–Crippen LogP) is 4.98. The van der Waals surface area contributed by atoms with Crippen molar-refractivity contribution < 1.29 is 28.2 Å². The lowest BCUT2D eigenvalue weighted by molar-refractivity contribution is 0.0729. The van der Waals surface area contributed by atoms with Crippen LogP contribution in [-0.2, 0) is 0 Å². The molecule has 0 N–H and O–H groups in total. The molecule has 1 aliphatic heterocycles. The molecular formula is C24H17FO5. The average Bonchev–Trinajstić information content (AvgIpc) is 3.04. The summed E-state index contributed by atoms with van der Waals surface area (Å²) in [5, 5.41) is 0. The molecule has 0 amide bonds. The van der Waals surface area contributed by atoms with Crippen LogP contribution in [0.3, 0.4) is 0 Å². The predicted molar refractivity (Wildman–Crippen MR) is 108 cm³/mol. The van der Waals surface area contributed by atoms with Gasteiger partial charge in [0, 0.05) is 11.6 Å². The summed E-state index contributed by atoms with van der Waals surface area (Å²) in [5.41, 5.74) is 1.49. The number of carbonyl (C=O) groups is 2. The Kier molecular flexibility index (Phi) is 5.06. The van der Waals surface area contributed by atoms with Crippen LogP contribution in [0.15, 0.2) is 66.4 Å². The molecule has 3 aromatic carbocycles. The number of esters is 1. The molecule has 6 heteroatoms. The van der Waals surface area contributed by atoms with E-state index in [0.717, 1.165) is 0 Å². The van der Waals surface area contributed by atoms with Gasteiger partial charge in [-0.1, -0.05) is 30.3 Å². The van der Waals surface area contributed by atoms with Crippen LogP contribution in [0.25, 0.3) is 6.08 Å². The standard InChI is InChI=1S/C24H17FO5/c1-14-11-16(29-24(27)17-8-4-5-9-18(17)25)13-20-22(14)23(26)21(30-20)12-15-7-3-6-10-19(15)28-2/h3-13H,1-2H3/b21-12-. The first-order valence-corrected chi connectivity index (χ1v) is 9.16. The molecule has 0 fully saturated rings. The number of para-hydroxylation sites is 1. The van der Waals surface area contributed by atoms with Gasteiger partial charge >= 0.3 is 5.97 Å². The van der Waals surface area contributed by atoms with Gasteiger partial charge in [0.05, 0.1) is 18.2 Å². The minimum absolute atomic E-state index is 0.134. The summed E-state index contributed by atoms with van der Waals surface area (Å²) in [6.07, 6.45) is 1.60. The lowest BCUT2D eigenvalue weighted by Gasteiger charge is -2.08. The van der Waals surface area contributed by atoms with Gasteiger partial charge < -0.3 is 14.2 Å². The molecule has 5 nitrogen and oxygen atoms in total. The molecule has 3 aromatic rings. The SMILES string of the molecule is COc1ccccc1/C=C1\Oc2cc(OC(=O)c3ccccc3F)cc(C)c2C1=O. The van der Waals surface area contributed by atoms with E-state index in [1.165, 1.54) is 24.3 Å². The van der Waals surface area contributed by atoms with Crippen molar-refractivity contribution in [3.05, 3.63) is 94.5 Å². The minimum Gasteiger partial charge on any atom is -0.496 e. The number of hydrogen-bond donors (Lipinski definition) is 0. The van der Waals surface area contributed by atoms with Gasteiger partial charge in [-0.2, -0.15) is 0 Å². The number of allylic oxidation sites excluding steroid dienone is 1. The highest BCUT2D eigenvalue weighted by Crippen LogP contribution is 2.38. The number of fused-ring (bicyclic) bond motifs is 1. The molecule has 0 bridgehead atoms. The van der Waals surface area contributed by atoms with Gasteiger partial charge in [-0.3, -0.25) is 4.79 Å². The number of hydrogen-bond acceptors (Lipinski definition) is 5. The van der Waals surface area contributed by atoms with E-state index in [-0.39, 0.29) is 28.6 Å². The number of Topliss-reactive ketones (excluding diaryl/α,β-unsaturated/α-hetero) is 1. The van der Waals surface area contributed by atoms with Crippen molar-refractivity contribution in [2.24, 2.45) is 0 Å². The van der Waals surface area contributed by atoms with E-state index in [2.05, 4.69) is 0 Å². The van der Waals surface area contributed by atoms with E-state index in [4.69, 9.17) is 14.2 Å². The summed E-state index contributed by atoms with van der Waals surface area (Å²) < 4.78 is 30.2. The molecule has 1 heterocycles. The zero-order valence-electron chi connectivity index (χ0n) is 16.3. The third-order valence-corrected chi connectivity index (χ3v) is 4.67. The van der Waals surface area contributed by atoms with Crippen molar-refractivity contribution in [3.8, 4) is 17.2 Å². The first kappa shape index (κ1) is 19.4. The van der Waals surface area contributed by atoms with Gasteiger partial charge in [0.1, 0.15) is 23.1 Å². The van der Waals surface area contributed by atoms with Gasteiger partial charge in [-0.15, -0.1) is 0 Å². The van der Waals surface area contributed by atoms with Crippen LogP contribution >= 0.6 is 0 Å². The van der Waals surface area contributed by atoms with Crippen molar-refractivity contribution in [1.82, 2.24) is 0 Å². The van der Waals surface area contributed by atoms with Crippen molar-refractivity contribution >= 4 is 17.8 Å². The number of carbonyl (C=O) groups excluding carboxylic acids is 2. The van der Waals surface area contributed by atoms with E-state index in [1.807, 2.05) is 12.1 Å². The topological polar surface area (TPSA) is 61.8 Å². The Balaban J connectivity index is 1.64. The van der Waals surface area contributed by atoms with Crippen LogP contribution in [0, 0.1) is 12.7 Å². The highest BCUT2D eigenvalue weighted by Gasteiger charge is 2.30. The van der Waals surface area contributed by atoms with Gasteiger partial charge in [0.25, 0.3) is 0 Å². The number of halogens is 1. The Morgan fingerprint density at radius 3 is 2.57 bits per heavy atom. The molecule has 150 valence electrons. The minimum atomic E-state index is -0.832. The molecule has 0 atom stereocenters. The quantitative estimate of drug-likeness (QED) is 0.349. The summed E-state index contributed by atoms with van der Waals surface area (Å²) >= 11 is 0. The van der Waals surface area contributed by atoms with Gasteiger partial charge in [0.2, 0.25) is 5.78 Å². The Morgan fingerprint density at radius 1 is 1.07 bits per heavy atom. The second-order valence-corrected chi connectivity index (χ2v) is 6.66. The lowest BCUT2D eigenvalue weighted by Crippen LogP contribution is -2.10. The molecule has 0 unspecified atom stereocenters. The maximum atomic E-state index is 13.8. The number of ketones is 1. The first-order chi connectivity index (χ1) is 14.5. The lowest BCUT2D eigenvalue weighted by atomic mass is 10.0. The van der Waals surface area contributed by atoms with Crippen molar-refractivity contribution in [3.63, 3.8) is 0 Å². The maximum absolute atomic E-state index is 13.8. The van der Waals surface area contributed by atoms with Crippen molar-refractivity contribution in [2.45, 2.75) is 6.92 Å². The Labute approximate surface area is 172 Å². The van der Waals surface area contributed by atoms with Gasteiger partial charge in [0.15, 0.2) is 5.76 Å². The van der Waals surface area contributed by atoms with Crippen LogP contribution in [0.2, 0.25) is 0 Å². The summed E-state index contributed by atoms with van der Waals surface area (Å²) in [5.74, 6) is -0.608. The number of methoxy groups -OCH3 is 1. The summed E-state index contributed by atoms with van der Waals surface area (Å²) in [4.78, 5) is 25.1. The second-order valence-electron chi connectivity index (χ2n) is 6.66. The van der Waals surface area contributed by atoms with E-state index < -0.39 is 11.8 Å². The third-order valence-electron chi connectivity index (χ3n) is 4.67. The van der Waals surface area contributed by atoms with Crippen LogP contribution in [0.5, 0.6) is 17.2 Å². The van der Waals surface area contributed by atoms with E-state index in [9.17, 15) is 14.0 Å². The third kappa shape index (κ3) is 3.55. The molecule has 0 radical (unpaired) electrons. The van der Waals surface area contributed by atoms with E-state index in [1.54, 1.807) is 44.4 Å². The summed E-state index contributed by atoms with van der Waals surface area (Å²) in [6.45, 7) is 1.71. The summed E-state index contributed by atoms with van der Waals surface area (Å²) in [6, 6.07) is 15.8. The Bertz CT molecular complexity index is 1200. The molecule has 0 saturated carbocycles. The van der Waals surface area contributed by atoms with Crippen LogP contribution in [0.4, 0.5) is 4.39 Å². The van der Waals surface area contributed by atoms with Crippen LogP contribution in [0.1, 0.15) is 31.8 Å². The average molecular weight is 404 g/mol. The second kappa shape index (κ2) is 7.83. The zero-order valence-corrected chi connectivity index (χ0v) is 16.3. The fourth-order valence-corrected chi connectivity index (χ4v) is 3.25. The summed E-state index contributed by atoms with van der Waals surface area (Å²) in [7, 11) is 1.55. The maximum Gasteiger partial charge on any atom is 0.346 e. The monoisotopic (exact) mass is 404 g/mol. The number of aryl methyl sites for hydroxylation is 1. The van der Waals surface area contributed by atoms with Crippen LogP contribution in [-0.4, -0.2) is 18.9 Å². The van der Waals surface area contributed by atoms with Gasteiger partial charge in [-0.25, -0.2) is 9.18 Å². The van der Waals surface area contributed by atoms with E-state index in [0.29, 0.717) is 22.4 Å². The highest BCUT2D eigenvalue weighted by atomic mass is 19.1. The van der Waals surface area contributed by atoms with Crippen molar-refractivity contribution in [2.75, 3.05) is 7.11 Å². The number of ether oxygens (including phenoxy) is 3. The molecule has 30 heavy (non-hydrogen) atoms. The largest absolute Gasteiger partial charge is 0.496 e. The van der Waals surface area contributed by atoms with Gasteiger partial charge in [-0.05, 0) is 42.8 Å². The fourth-order valence-electron chi connectivity index (χ4n) is 3.25. The normalized spacial score (nSPS) is 13.7. The molecular weight excluding hydrogens is 387 g/mol. The Morgan fingerprint density at radius 2 is 1.80 bits per heavy atom. The highest BCUT2D eigenvalue weighted by molar-refractivity contribution is 6.15. The number of rotatable bonds is 4. The molecule has 0 saturated heterocycles. The smallest absolute Gasteiger partial charge is 0.346 e. The van der Waals surface area contributed by atoms with Crippen LogP contribution < -0.4 is 14.2 Å². The fraction of sp³-hybridized carbons (Fsp3) is 0.0833.